The SMILES string of the molecule is COc1cc(CCc2ccc(F)c(F)c2F)nc2ccccc12. The first-order valence-corrected chi connectivity index (χ1v) is 7.15. The number of hydrogen-bond donors (Lipinski definition) is 0. The van der Waals surface area contributed by atoms with Crippen LogP contribution in [0.1, 0.15) is 11.3 Å². The Hall–Kier alpha value is -2.56. The van der Waals surface area contributed by atoms with Crippen molar-refractivity contribution >= 4 is 10.9 Å². The number of nitrogens with zero attached hydrogens (tertiary/aromatic N) is 1. The average Bonchev–Trinajstić information content (AvgIpc) is 2.58. The number of benzene rings is 2. The number of ether oxygens (including phenoxy) is 1. The Balaban J connectivity index is 1.89. The van der Waals surface area contributed by atoms with Crippen LogP contribution in [0.3, 0.4) is 0 Å². The smallest absolute Gasteiger partial charge is 0.194 e. The number of pyridine rings is 1. The number of aromatic nitrogens is 1. The highest BCUT2D eigenvalue weighted by atomic mass is 19.2. The van der Waals surface area contributed by atoms with Gasteiger partial charge in [0.1, 0.15) is 5.75 Å². The summed E-state index contributed by atoms with van der Waals surface area (Å²) in [6.07, 6.45) is 0.612. The summed E-state index contributed by atoms with van der Waals surface area (Å²) < 4.78 is 45.3. The zero-order valence-electron chi connectivity index (χ0n) is 12.4. The standard InChI is InChI=1S/C18H14F3NO/c1-23-16-10-12(22-15-5-3-2-4-13(15)16)8-6-11-7-9-14(19)18(21)17(11)20/h2-5,7,9-10H,6,8H2,1H3. The van der Waals surface area contributed by atoms with Gasteiger partial charge in [0.05, 0.1) is 12.6 Å². The predicted octanol–water partition coefficient (Wildman–Crippen LogP) is 4.45. The van der Waals surface area contributed by atoms with Crippen molar-refractivity contribution < 1.29 is 17.9 Å². The van der Waals surface area contributed by atoms with Crippen molar-refractivity contribution in [3.8, 4) is 5.75 Å². The Morgan fingerprint density at radius 2 is 1.74 bits per heavy atom. The Morgan fingerprint density at radius 1 is 0.957 bits per heavy atom. The van der Waals surface area contributed by atoms with Gasteiger partial charge >= 0.3 is 0 Å². The number of halogens is 3. The van der Waals surface area contributed by atoms with Gasteiger partial charge in [-0.3, -0.25) is 4.98 Å². The van der Waals surface area contributed by atoms with Crippen LogP contribution in [0.25, 0.3) is 10.9 Å². The molecule has 0 atom stereocenters. The second-order valence-corrected chi connectivity index (χ2v) is 5.17. The van der Waals surface area contributed by atoms with E-state index >= 15 is 0 Å². The molecule has 2 aromatic carbocycles. The molecular weight excluding hydrogens is 303 g/mol. The normalized spacial score (nSPS) is 11.0. The molecule has 3 rings (SSSR count). The van der Waals surface area contributed by atoms with Crippen LogP contribution < -0.4 is 4.74 Å². The maximum Gasteiger partial charge on any atom is 0.194 e. The van der Waals surface area contributed by atoms with Gasteiger partial charge in [-0.2, -0.15) is 0 Å². The number of aryl methyl sites for hydroxylation is 2. The molecule has 5 heteroatoms. The van der Waals surface area contributed by atoms with Gasteiger partial charge in [0.25, 0.3) is 0 Å². The first-order valence-electron chi connectivity index (χ1n) is 7.15. The average molecular weight is 317 g/mol. The van der Waals surface area contributed by atoms with Crippen LogP contribution in [0.5, 0.6) is 5.75 Å². The molecular formula is C18H14F3NO. The van der Waals surface area contributed by atoms with Crippen LogP contribution in [-0.4, -0.2) is 12.1 Å². The highest BCUT2D eigenvalue weighted by Gasteiger charge is 2.14. The largest absolute Gasteiger partial charge is 0.496 e. The van der Waals surface area contributed by atoms with Crippen LogP contribution in [0.15, 0.2) is 42.5 Å². The van der Waals surface area contributed by atoms with Gasteiger partial charge in [0.2, 0.25) is 0 Å². The minimum Gasteiger partial charge on any atom is -0.496 e. The molecule has 23 heavy (non-hydrogen) atoms. The topological polar surface area (TPSA) is 22.1 Å². The van der Waals surface area contributed by atoms with E-state index in [4.69, 9.17) is 4.74 Å². The molecule has 3 aromatic rings. The fraction of sp³-hybridized carbons (Fsp3) is 0.167. The molecule has 1 aromatic heterocycles. The summed E-state index contributed by atoms with van der Waals surface area (Å²) in [7, 11) is 1.57. The van der Waals surface area contributed by atoms with Gasteiger partial charge in [0.15, 0.2) is 17.5 Å². The monoisotopic (exact) mass is 317 g/mol. The van der Waals surface area contributed by atoms with Crippen LogP contribution in [0.2, 0.25) is 0 Å². The second kappa shape index (κ2) is 6.28. The molecule has 0 saturated heterocycles. The summed E-state index contributed by atoms with van der Waals surface area (Å²) in [4.78, 5) is 4.50. The molecule has 0 radical (unpaired) electrons. The highest BCUT2D eigenvalue weighted by Crippen LogP contribution is 2.26. The first kappa shape index (κ1) is 15.3. The van der Waals surface area contributed by atoms with E-state index in [0.29, 0.717) is 17.9 Å². The summed E-state index contributed by atoms with van der Waals surface area (Å²) in [5.74, 6) is -3.09. The van der Waals surface area contributed by atoms with Gasteiger partial charge in [0, 0.05) is 17.1 Å². The molecule has 0 aliphatic rings. The van der Waals surface area contributed by atoms with Crippen molar-refractivity contribution in [3.05, 3.63) is 71.2 Å². The quantitative estimate of drug-likeness (QED) is 0.663. The Morgan fingerprint density at radius 3 is 2.52 bits per heavy atom. The lowest BCUT2D eigenvalue weighted by Gasteiger charge is -2.09. The molecule has 0 fully saturated rings. The third kappa shape index (κ3) is 2.99. The van der Waals surface area contributed by atoms with Gasteiger partial charge in [-0.25, -0.2) is 13.2 Å². The van der Waals surface area contributed by atoms with Gasteiger partial charge < -0.3 is 4.74 Å². The van der Waals surface area contributed by atoms with Gasteiger partial charge in [-0.05, 0) is 36.6 Å². The molecule has 0 bridgehead atoms. The summed E-state index contributed by atoms with van der Waals surface area (Å²) in [5.41, 5.74) is 1.59. The van der Waals surface area contributed by atoms with E-state index in [-0.39, 0.29) is 12.0 Å². The fourth-order valence-electron chi connectivity index (χ4n) is 2.51. The van der Waals surface area contributed by atoms with Gasteiger partial charge in [-0.15, -0.1) is 0 Å². The van der Waals surface area contributed by atoms with Gasteiger partial charge in [-0.1, -0.05) is 18.2 Å². The van der Waals surface area contributed by atoms with E-state index in [1.807, 2.05) is 24.3 Å². The second-order valence-electron chi connectivity index (χ2n) is 5.17. The minimum atomic E-state index is -1.44. The van der Waals surface area contributed by atoms with E-state index in [1.165, 1.54) is 6.07 Å². The third-order valence-electron chi connectivity index (χ3n) is 3.72. The van der Waals surface area contributed by atoms with Crippen LogP contribution >= 0.6 is 0 Å². The Labute approximate surface area is 131 Å². The summed E-state index contributed by atoms with van der Waals surface area (Å²) in [6.45, 7) is 0. The number of rotatable bonds is 4. The molecule has 0 unspecified atom stereocenters. The van der Waals surface area contributed by atoms with Crippen molar-refractivity contribution in [1.82, 2.24) is 4.98 Å². The van der Waals surface area contributed by atoms with Crippen molar-refractivity contribution in [1.29, 1.82) is 0 Å². The zero-order valence-corrected chi connectivity index (χ0v) is 12.4. The third-order valence-corrected chi connectivity index (χ3v) is 3.72. The fourth-order valence-corrected chi connectivity index (χ4v) is 2.51. The summed E-state index contributed by atoms with van der Waals surface area (Å²) in [6, 6.07) is 11.5. The molecule has 0 N–H and O–H groups in total. The maximum atomic E-state index is 13.7. The zero-order chi connectivity index (χ0) is 16.4. The van der Waals surface area contributed by atoms with Crippen molar-refractivity contribution in [2.45, 2.75) is 12.8 Å². The molecule has 2 nitrogen and oxygen atoms in total. The van der Waals surface area contributed by atoms with E-state index in [0.717, 1.165) is 17.0 Å². The summed E-state index contributed by atoms with van der Waals surface area (Å²) in [5, 5.41) is 0.887. The highest BCUT2D eigenvalue weighted by molar-refractivity contribution is 5.85. The Kier molecular flexibility index (Phi) is 4.19. The predicted molar refractivity (Wildman–Crippen MR) is 82.0 cm³/mol. The van der Waals surface area contributed by atoms with Crippen molar-refractivity contribution in [2.75, 3.05) is 7.11 Å². The number of hydrogen-bond acceptors (Lipinski definition) is 2. The molecule has 0 amide bonds. The lowest BCUT2D eigenvalue weighted by Crippen LogP contribution is -2.01. The van der Waals surface area contributed by atoms with E-state index in [9.17, 15) is 13.2 Å². The van der Waals surface area contributed by atoms with Crippen molar-refractivity contribution in [3.63, 3.8) is 0 Å². The number of fused-ring (bicyclic) bond motifs is 1. The van der Waals surface area contributed by atoms with Crippen LogP contribution in [0.4, 0.5) is 13.2 Å². The molecule has 0 aliphatic carbocycles. The van der Waals surface area contributed by atoms with Crippen LogP contribution in [-0.2, 0) is 12.8 Å². The molecule has 118 valence electrons. The lowest BCUT2D eigenvalue weighted by atomic mass is 10.1. The molecule has 1 heterocycles. The van der Waals surface area contributed by atoms with E-state index in [2.05, 4.69) is 4.98 Å². The first-order chi connectivity index (χ1) is 11.1. The number of methoxy groups -OCH3 is 1. The van der Waals surface area contributed by atoms with E-state index in [1.54, 1.807) is 13.2 Å². The maximum absolute atomic E-state index is 13.7. The minimum absolute atomic E-state index is 0.123. The lowest BCUT2D eigenvalue weighted by molar-refractivity contribution is 0.418. The molecule has 0 saturated carbocycles. The number of para-hydroxylation sites is 1. The van der Waals surface area contributed by atoms with Crippen molar-refractivity contribution in [2.24, 2.45) is 0 Å². The molecule has 0 spiro atoms. The summed E-state index contributed by atoms with van der Waals surface area (Å²) >= 11 is 0. The van der Waals surface area contributed by atoms with Crippen LogP contribution in [0, 0.1) is 17.5 Å². The Bertz CT molecular complexity index is 864. The molecule has 0 aliphatic heterocycles. The van der Waals surface area contributed by atoms with E-state index < -0.39 is 17.5 Å².